The third-order valence-electron chi connectivity index (χ3n) is 10.6. The van der Waals surface area contributed by atoms with Crippen LogP contribution in [0.25, 0.3) is 76.5 Å². The number of anilines is 3. The summed E-state index contributed by atoms with van der Waals surface area (Å²) in [5.41, 5.74) is 10.6. The van der Waals surface area contributed by atoms with E-state index in [-0.39, 0.29) is 0 Å². The van der Waals surface area contributed by atoms with E-state index in [2.05, 4.69) is 217 Å². The summed E-state index contributed by atoms with van der Waals surface area (Å²) in [7, 11) is 0. The van der Waals surface area contributed by atoms with Gasteiger partial charge in [0.2, 0.25) is 0 Å². The monoisotopic (exact) mass is 673 g/mol. The van der Waals surface area contributed by atoms with Crippen molar-refractivity contribution in [2.75, 3.05) is 4.90 Å². The van der Waals surface area contributed by atoms with Crippen molar-refractivity contribution in [3.8, 4) is 33.4 Å². The van der Waals surface area contributed by atoms with Gasteiger partial charge in [0.15, 0.2) is 0 Å². The van der Waals surface area contributed by atoms with Gasteiger partial charge < -0.3 is 4.90 Å². The zero-order valence-corrected chi connectivity index (χ0v) is 29.2. The van der Waals surface area contributed by atoms with E-state index in [1.165, 1.54) is 76.5 Å². The maximum Gasteiger partial charge on any atom is 0.0468 e. The molecule has 53 heavy (non-hydrogen) atoms. The van der Waals surface area contributed by atoms with Crippen molar-refractivity contribution in [2.24, 2.45) is 0 Å². The molecule has 0 spiro atoms. The number of fused-ring (bicyclic) bond motifs is 5. The minimum absolute atomic E-state index is 1.11. The molecule has 0 aromatic heterocycles. The van der Waals surface area contributed by atoms with Gasteiger partial charge >= 0.3 is 0 Å². The van der Waals surface area contributed by atoms with Crippen molar-refractivity contribution in [3.63, 3.8) is 0 Å². The molecule has 0 bridgehead atoms. The molecule has 0 heterocycles. The molecule has 248 valence electrons. The fourth-order valence-electron chi connectivity index (χ4n) is 8.02. The maximum absolute atomic E-state index is 2.41. The second kappa shape index (κ2) is 13.0. The highest BCUT2D eigenvalue weighted by molar-refractivity contribution is 6.14. The molecule has 0 aliphatic heterocycles. The summed E-state index contributed by atoms with van der Waals surface area (Å²) >= 11 is 0. The van der Waals surface area contributed by atoms with Gasteiger partial charge in [0.25, 0.3) is 0 Å². The third kappa shape index (κ3) is 5.60. The highest BCUT2D eigenvalue weighted by Gasteiger charge is 2.17. The Labute approximate surface area is 309 Å². The molecule has 10 aromatic carbocycles. The standard InChI is InChI=1S/C52H35N/c1-2-13-36(14-3-1)38-27-28-40-32-46(30-29-39(40)31-38)53(44-20-10-18-41(33-44)48-26-12-17-37-15-4-6-22-47(37)48)45-21-11-19-42(34-45)52-35-43-16-5-7-23-49(43)50-24-8-9-25-51(50)52/h1-35H. The molecule has 1 heteroatoms. The van der Waals surface area contributed by atoms with Crippen LogP contribution in [-0.2, 0) is 0 Å². The summed E-state index contributed by atoms with van der Waals surface area (Å²) in [5.74, 6) is 0. The lowest BCUT2D eigenvalue weighted by Gasteiger charge is -2.27. The first-order chi connectivity index (χ1) is 26.3. The van der Waals surface area contributed by atoms with Gasteiger partial charge in [-0.1, -0.05) is 164 Å². The third-order valence-corrected chi connectivity index (χ3v) is 10.6. The molecule has 0 unspecified atom stereocenters. The van der Waals surface area contributed by atoms with E-state index >= 15 is 0 Å². The highest BCUT2D eigenvalue weighted by atomic mass is 15.1. The van der Waals surface area contributed by atoms with Gasteiger partial charge in [0.1, 0.15) is 0 Å². The number of hydrogen-bond acceptors (Lipinski definition) is 1. The molecule has 0 saturated heterocycles. The average molecular weight is 674 g/mol. The van der Waals surface area contributed by atoms with Crippen LogP contribution in [0, 0.1) is 0 Å². The second-order valence-electron chi connectivity index (χ2n) is 13.8. The summed E-state index contributed by atoms with van der Waals surface area (Å²) < 4.78 is 0. The van der Waals surface area contributed by atoms with Crippen LogP contribution in [0.4, 0.5) is 17.1 Å². The number of benzene rings is 10. The highest BCUT2D eigenvalue weighted by Crippen LogP contribution is 2.42. The molecule has 0 aliphatic rings. The largest absolute Gasteiger partial charge is 0.310 e. The quantitative estimate of drug-likeness (QED) is 0.159. The average Bonchev–Trinajstić information content (AvgIpc) is 3.23. The van der Waals surface area contributed by atoms with E-state index in [0.29, 0.717) is 0 Å². The van der Waals surface area contributed by atoms with Gasteiger partial charge in [-0.15, -0.1) is 0 Å². The van der Waals surface area contributed by atoms with Crippen molar-refractivity contribution in [1.82, 2.24) is 0 Å². The van der Waals surface area contributed by atoms with Crippen molar-refractivity contribution in [1.29, 1.82) is 0 Å². The summed E-state index contributed by atoms with van der Waals surface area (Å²) in [6, 6.07) is 77.3. The molecule has 0 amide bonds. The van der Waals surface area contributed by atoms with Crippen molar-refractivity contribution < 1.29 is 0 Å². The Kier molecular flexibility index (Phi) is 7.55. The molecule has 0 aliphatic carbocycles. The molecule has 0 atom stereocenters. The lowest BCUT2D eigenvalue weighted by molar-refractivity contribution is 1.29. The van der Waals surface area contributed by atoms with Crippen molar-refractivity contribution >= 4 is 60.2 Å². The molecule has 0 saturated carbocycles. The van der Waals surface area contributed by atoms with Crippen LogP contribution in [0.3, 0.4) is 0 Å². The number of rotatable bonds is 6. The normalized spacial score (nSPS) is 11.4. The second-order valence-corrected chi connectivity index (χ2v) is 13.8. The lowest BCUT2D eigenvalue weighted by atomic mass is 9.93. The predicted molar refractivity (Wildman–Crippen MR) is 227 cm³/mol. The van der Waals surface area contributed by atoms with Gasteiger partial charge in [0.05, 0.1) is 0 Å². The van der Waals surface area contributed by atoms with E-state index in [1.807, 2.05) is 0 Å². The smallest absolute Gasteiger partial charge is 0.0468 e. The van der Waals surface area contributed by atoms with E-state index < -0.39 is 0 Å². The van der Waals surface area contributed by atoms with E-state index in [9.17, 15) is 0 Å². The Balaban J connectivity index is 1.15. The molecule has 1 nitrogen and oxygen atoms in total. The molecule has 0 fully saturated rings. The SMILES string of the molecule is c1ccc(-c2ccc3cc(N(c4cccc(-c5cccc6ccccc56)c4)c4cccc(-c5cc6ccccc6c6ccccc56)c4)ccc3c2)cc1. The number of nitrogens with zero attached hydrogens (tertiary/aromatic N) is 1. The summed E-state index contributed by atoms with van der Waals surface area (Å²) in [6.45, 7) is 0. The Morgan fingerprint density at radius 3 is 1.57 bits per heavy atom. The molecule has 0 radical (unpaired) electrons. The molecule has 10 rings (SSSR count). The van der Waals surface area contributed by atoms with Crippen LogP contribution >= 0.6 is 0 Å². The Morgan fingerprint density at radius 2 is 0.774 bits per heavy atom. The predicted octanol–water partition coefficient (Wildman–Crippen LogP) is 14.8. The minimum atomic E-state index is 1.11. The van der Waals surface area contributed by atoms with Gasteiger partial charge in [-0.2, -0.15) is 0 Å². The van der Waals surface area contributed by atoms with Crippen LogP contribution in [0.15, 0.2) is 212 Å². The molecular formula is C52H35N. The van der Waals surface area contributed by atoms with Crippen LogP contribution in [0.2, 0.25) is 0 Å². The van der Waals surface area contributed by atoms with Crippen LogP contribution in [0.1, 0.15) is 0 Å². The van der Waals surface area contributed by atoms with E-state index in [1.54, 1.807) is 0 Å². The molecule has 10 aromatic rings. The zero-order valence-electron chi connectivity index (χ0n) is 29.2. The fourth-order valence-corrected chi connectivity index (χ4v) is 8.02. The van der Waals surface area contributed by atoms with Crippen LogP contribution in [0.5, 0.6) is 0 Å². The Bertz CT molecular complexity index is 2950. The van der Waals surface area contributed by atoms with E-state index in [4.69, 9.17) is 0 Å². The Hall–Kier alpha value is -6.96. The lowest BCUT2D eigenvalue weighted by Crippen LogP contribution is -2.10. The number of hydrogen-bond donors (Lipinski definition) is 0. The molecular weight excluding hydrogens is 639 g/mol. The summed E-state index contributed by atoms with van der Waals surface area (Å²) in [4.78, 5) is 2.41. The maximum atomic E-state index is 2.41. The first-order valence-corrected chi connectivity index (χ1v) is 18.3. The first-order valence-electron chi connectivity index (χ1n) is 18.3. The van der Waals surface area contributed by atoms with Gasteiger partial charge in [0, 0.05) is 17.1 Å². The van der Waals surface area contributed by atoms with Crippen LogP contribution in [-0.4, -0.2) is 0 Å². The van der Waals surface area contributed by atoms with Crippen LogP contribution < -0.4 is 4.90 Å². The van der Waals surface area contributed by atoms with E-state index in [0.717, 1.165) is 17.1 Å². The van der Waals surface area contributed by atoms with Crippen molar-refractivity contribution in [3.05, 3.63) is 212 Å². The van der Waals surface area contributed by atoms with Crippen molar-refractivity contribution in [2.45, 2.75) is 0 Å². The minimum Gasteiger partial charge on any atom is -0.310 e. The Morgan fingerprint density at radius 1 is 0.226 bits per heavy atom. The topological polar surface area (TPSA) is 3.24 Å². The first kappa shape index (κ1) is 30.8. The fraction of sp³-hybridized carbons (Fsp3) is 0. The zero-order chi connectivity index (χ0) is 35.1. The summed E-state index contributed by atoms with van der Waals surface area (Å²) in [5, 5.41) is 9.97. The van der Waals surface area contributed by atoms with Gasteiger partial charge in [-0.3, -0.25) is 0 Å². The molecule has 0 N–H and O–H groups in total. The van der Waals surface area contributed by atoms with Gasteiger partial charge in [-0.25, -0.2) is 0 Å². The summed E-state index contributed by atoms with van der Waals surface area (Å²) in [6.07, 6.45) is 0. The van der Waals surface area contributed by atoms with Gasteiger partial charge in [-0.05, 0) is 125 Å².